The van der Waals surface area contributed by atoms with Crippen molar-refractivity contribution in [3.05, 3.63) is 31.6 Å². The van der Waals surface area contributed by atoms with Crippen molar-refractivity contribution in [1.29, 1.82) is 0 Å². The fraction of sp³-hybridized carbons (Fsp3) is 0.733. The van der Waals surface area contributed by atoms with Gasteiger partial charge in [0.05, 0.1) is 5.56 Å². The molecule has 0 radical (unpaired) electrons. The molecule has 2 rings (SSSR count). The highest BCUT2D eigenvalue weighted by atomic mass is 35.5. The minimum atomic E-state index is -0.489. The lowest BCUT2D eigenvalue weighted by Crippen LogP contribution is -2.47. The summed E-state index contributed by atoms with van der Waals surface area (Å²) in [6, 6.07) is 0. The van der Waals surface area contributed by atoms with Gasteiger partial charge in [-0.25, -0.2) is 4.79 Å². The second-order valence-corrected chi connectivity index (χ2v) is 6.72. The molecule has 0 aliphatic heterocycles. The predicted octanol–water partition coefficient (Wildman–Crippen LogP) is 3.38. The molecule has 1 aliphatic carbocycles. The second-order valence-electron chi connectivity index (χ2n) is 6.34. The third-order valence-electron chi connectivity index (χ3n) is 4.32. The molecule has 0 saturated heterocycles. The van der Waals surface area contributed by atoms with Crippen molar-refractivity contribution in [2.45, 2.75) is 70.8 Å². The SMILES string of the molecule is CCCC(C)(C)n1c(=O)[nH]c(Cl)c(C2CCCC2)c1=O. The molecule has 0 spiro atoms. The Morgan fingerprint density at radius 3 is 2.45 bits per heavy atom. The van der Waals surface area contributed by atoms with E-state index in [-0.39, 0.29) is 16.6 Å². The maximum Gasteiger partial charge on any atom is 0.329 e. The van der Waals surface area contributed by atoms with Gasteiger partial charge in [-0.05, 0) is 39.0 Å². The summed E-state index contributed by atoms with van der Waals surface area (Å²) < 4.78 is 1.36. The van der Waals surface area contributed by atoms with E-state index in [0.717, 1.165) is 38.5 Å². The number of hydrogen-bond donors (Lipinski definition) is 1. The summed E-state index contributed by atoms with van der Waals surface area (Å²) in [4.78, 5) is 27.6. The first-order valence-electron chi connectivity index (χ1n) is 7.43. The van der Waals surface area contributed by atoms with Crippen LogP contribution in [0.25, 0.3) is 0 Å². The monoisotopic (exact) mass is 298 g/mol. The van der Waals surface area contributed by atoms with E-state index in [1.807, 2.05) is 13.8 Å². The Balaban J connectivity index is 2.61. The molecule has 4 nitrogen and oxygen atoms in total. The quantitative estimate of drug-likeness (QED) is 0.866. The number of aromatic nitrogens is 2. The number of halogens is 1. The first-order chi connectivity index (χ1) is 9.38. The number of nitrogens with one attached hydrogen (secondary N) is 1. The summed E-state index contributed by atoms with van der Waals surface area (Å²) in [6.45, 7) is 5.91. The van der Waals surface area contributed by atoms with Gasteiger partial charge in [0, 0.05) is 5.54 Å². The number of rotatable bonds is 4. The van der Waals surface area contributed by atoms with E-state index in [0.29, 0.717) is 5.56 Å². The summed E-state index contributed by atoms with van der Waals surface area (Å²) in [5.41, 5.74) is -0.491. The van der Waals surface area contributed by atoms with Crippen LogP contribution >= 0.6 is 11.6 Å². The van der Waals surface area contributed by atoms with Crippen LogP contribution in [0.4, 0.5) is 0 Å². The third-order valence-corrected chi connectivity index (χ3v) is 4.62. The first-order valence-corrected chi connectivity index (χ1v) is 7.81. The van der Waals surface area contributed by atoms with Gasteiger partial charge in [-0.1, -0.05) is 37.8 Å². The number of aromatic amines is 1. The van der Waals surface area contributed by atoms with Crippen LogP contribution in [0.5, 0.6) is 0 Å². The lowest BCUT2D eigenvalue weighted by Gasteiger charge is -2.27. The fourth-order valence-corrected chi connectivity index (χ4v) is 3.68. The minimum Gasteiger partial charge on any atom is -0.297 e. The van der Waals surface area contributed by atoms with Gasteiger partial charge in [-0.15, -0.1) is 0 Å². The van der Waals surface area contributed by atoms with Crippen LogP contribution in [0.3, 0.4) is 0 Å². The molecule has 1 aliphatic rings. The van der Waals surface area contributed by atoms with Crippen LogP contribution in [-0.4, -0.2) is 9.55 Å². The van der Waals surface area contributed by atoms with E-state index in [1.165, 1.54) is 4.57 Å². The summed E-state index contributed by atoms with van der Waals surface area (Å²) in [5, 5.41) is 0.232. The number of nitrogens with zero attached hydrogens (tertiary/aromatic N) is 1. The fourth-order valence-electron chi connectivity index (χ4n) is 3.37. The molecule has 0 unspecified atom stereocenters. The Morgan fingerprint density at radius 2 is 1.90 bits per heavy atom. The van der Waals surface area contributed by atoms with E-state index in [2.05, 4.69) is 11.9 Å². The van der Waals surface area contributed by atoms with Crippen molar-refractivity contribution in [1.82, 2.24) is 9.55 Å². The standard InChI is InChI=1S/C15H23ClN2O2/c1-4-9-15(2,3)18-13(19)11(10-7-5-6-8-10)12(16)17-14(18)20/h10H,4-9H2,1-3H3,(H,17,20). The molecule has 1 N–H and O–H groups in total. The molecule has 1 aromatic heterocycles. The highest BCUT2D eigenvalue weighted by Gasteiger charge is 2.29. The van der Waals surface area contributed by atoms with Gasteiger partial charge in [0.2, 0.25) is 0 Å². The van der Waals surface area contributed by atoms with Gasteiger partial charge in [0.1, 0.15) is 5.15 Å². The Labute approximate surface area is 124 Å². The van der Waals surface area contributed by atoms with Crippen molar-refractivity contribution >= 4 is 11.6 Å². The second kappa shape index (κ2) is 5.76. The molecule has 0 amide bonds. The highest BCUT2D eigenvalue weighted by molar-refractivity contribution is 6.30. The lowest BCUT2D eigenvalue weighted by molar-refractivity contribution is 0.299. The van der Waals surface area contributed by atoms with E-state index < -0.39 is 11.2 Å². The molecular formula is C15H23ClN2O2. The molecule has 1 fully saturated rings. The van der Waals surface area contributed by atoms with Gasteiger partial charge < -0.3 is 0 Å². The van der Waals surface area contributed by atoms with Crippen LogP contribution < -0.4 is 11.2 Å². The Bertz CT molecular complexity index is 595. The van der Waals surface area contributed by atoms with E-state index >= 15 is 0 Å². The maximum absolute atomic E-state index is 12.8. The minimum absolute atomic E-state index is 0.190. The zero-order valence-electron chi connectivity index (χ0n) is 12.5. The molecular weight excluding hydrogens is 276 g/mol. The number of hydrogen-bond acceptors (Lipinski definition) is 2. The average Bonchev–Trinajstić information content (AvgIpc) is 2.80. The Kier molecular flexibility index (Phi) is 4.43. The topological polar surface area (TPSA) is 54.9 Å². The molecule has 20 heavy (non-hydrogen) atoms. The van der Waals surface area contributed by atoms with Crippen LogP contribution in [-0.2, 0) is 5.54 Å². The van der Waals surface area contributed by atoms with E-state index in [9.17, 15) is 9.59 Å². The molecule has 1 aromatic rings. The van der Waals surface area contributed by atoms with Gasteiger partial charge in [-0.2, -0.15) is 0 Å². The van der Waals surface area contributed by atoms with Crippen LogP contribution in [0.1, 0.15) is 70.8 Å². The van der Waals surface area contributed by atoms with Gasteiger partial charge >= 0.3 is 5.69 Å². The Morgan fingerprint density at radius 1 is 1.30 bits per heavy atom. The normalized spacial score (nSPS) is 16.8. The molecule has 0 aromatic carbocycles. The molecule has 5 heteroatoms. The molecule has 112 valence electrons. The lowest BCUT2D eigenvalue weighted by atomic mass is 9.96. The third kappa shape index (κ3) is 2.71. The summed E-state index contributed by atoms with van der Waals surface area (Å²) in [7, 11) is 0. The van der Waals surface area contributed by atoms with Crippen molar-refractivity contribution < 1.29 is 0 Å². The maximum atomic E-state index is 12.8. The zero-order valence-corrected chi connectivity index (χ0v) is 13.2. The molecule has 1 heterocycles. The van der Waals surface area contributed by atoms with Crippen LogP contribution in [0.15, 0.2) is 9.59 Å². The van der Waals surface area contributed by atoms with E-state index in [1.54, 1.807) is 0 Å². The summed E-state index contributed by atoms with van der Waals surface area (Å²) in [5.74, 6) is 0.190. The zero-order chi connectivity index (χ0) is 14.9. The highest BCUT2D eigenvalue weighted by Crippen LogP contribution is 2.35. The average molecular weight is 299 g/mol. The largest absolute Gasteiger partial charge is 0.329 e. The van der Waals surface area contributed by atoms with Crippen LogP contribution in [0.2, 0.25) is 5.15 Å². The van der Waals surface area contributed by atoms with E-state index in [4.69, 9.17) is 11.6 Å². The van der Waals surface area contributed by atoms with Crippen molar-refractivity contribution in [3.63, 3.8) is 0 Å². The Hall–Kier alpha value is -1.03. The van der Waals surface area contributed by atoms with Crippen molar-refractivity contribution in [2.24, 2.45) is 0 Å². The van der Waals surface area contributed by atoms with Gasteiger partial charge in [-0.3, -0.25) is 14.3 Å². The number of H-pyrrole nitrogens is 1. The van der Waals surface area contributed by atoms with Crippen molar-refractivity contribution in [2.75, 3.05) is 0 Å². The molecule has 0 bridgehead atoms. The first kappa shape index (κ1) is 15.4. The van der Waals surface area contributed by atoms with Crippen LogP contribution in [0, 0.1) is 0 Å². The van der Waals surface area contributed by atoms with Gasteiger partial charge in [0.25, 0.3) is 5.56 Å². The summed E-state index contributed by atoms with van der Waals surface area (Å²) in [6.07, 6.45) is 5.91. The predicted molar refractivity (Wildman–Crippen MR) is 81.8 cm³/mol. The summed E-state index contributed by atoms with van der Waals surface area (Å²) >= 11 is 6.15. The van der Waals surface area contributed by atoms with Gasteiger partial charge in [0.15, 0.2) is 0 Å². The molecule has 0 atom stereocenters. The smallest absolute Gasteiger partial charge is 0.297 e. The van der Waals surface area contributed by atoms with Crippen molar-refractivity contribution in [3.8, 4) is 0 Å². The molecule has 1 saturated carbocycles.